The van der Waals surface area contributed by atoms with Crippen LogP contribution in [0, 0.1) is 0 Å². The number of hydrogen-bond donors (Lipinski definition) is 2. The molecule has 2 N–H and O–H groups in total. The lowest BCUT2D eigenvalue weighted by molar-refractivity contribution is -0.122. The fraction of sp³-hybridized carbons (Fsp3) is 0.353. The number of nitrogens with one attached hydrogen (secondary N) is 2. The maximum absolute atomic E-state index is 12.0. The highest BCUT2D eigenvalue weighted by Crippen LogP contribution is 2.13. The van der Waals surface area contributed by atoms with Gasteiger partial charge in [0, 0.05) is 18.3 Å². The molecule has 0 spiro atoms. The van der Waals surface area contributed by atoms with Gasteiger partial charge in [0.15, 0.2) is 0 Å². The number of rotatable bonds is 7. The number of hydrogen-bond acceptors (Lipinski definition) is 4. The van der Waals surface area contributed by atoms with Crippen molar-refractivity contribution in [3.8, 4) is 5.75 Å². The van der Waals surface area contributed by atoms with Gasteiger partial charge >= 0.3 is 5.69 Å². The number of carbonyl (C=O) groups is 1. The van der Waals surface area contributed by atoms with E-state index in [1.54, 1.807) is 7.11 Å². The number of amides is 1. The Balaban J connectivity index is 1.82. The number of aromatic nitrogens is 2. The zero-order chi connectivity index (χ0) is 17.5. The van der Waals surface area contributed by atoms with Crippen LogP contribution in [-0.4, -0.2) is 28.6 Å². The molecule has 2 aromatic rings. The largest absolute Gasteiger partial charge is 0.497 e. The number of aryl methyl sites for hydroxylation is 1. The third kappa shape index (κ3) is 5.12. The molecule has 2 rings (SSSR count). The number of aromatic amines is 1. The van der Waals surface area contributed by atoms with Gasteiger partial charge in [-0.2, -0.15) is 0 Å². The van der Waals surface area contributed by atoms with Crippen molar-refractivity contribution >= 4 is 5.91 Å². The van der Waals surface area contributed by atoms with Gasteiger partial charge in [-0.25, -0.2) is 4.79 Å². The molecule has 7 heteroatoms. The number of nitrogens with zero attached hydrogens (tertiary/aromatic N) is 1. The molecule has 1 aromatic heterocycles. The number of H-pyrrole nitrogens is 1. The van der Waals surface area contributed by atoms with E-state index in [1.807, 2.05) is 31.2 Å². The molecule has 1 heterocycles. The second-order valence-corrected chi connectivity index (χ2v) is 5.59. The lowest BCUT2D eigenvalue weighted by Gasteiger charge is -2.14. The SMILES string of the molecule is COc1ccc(CC[C@H](C)NC(=O)Cn2ccc(=O)[nH]c2=O)cc1. The van der Waals surface area contributed by atoms with Crippen molar-refractivity contribution in [2.75, 3.05) is 7.11 Å². The standard InChI is InChI=1S/C17H21N3O4/c1-12(3-4-13-5-7-14(24-2)8-6-13)18-16(22)11-20-10-9-15(21)19-17(20)23/h5-10,12H,3-4,11H2,1-2H3,(H,18,22)(H,19,21,23)/t12-/m0/s1. The molecule has 0 unspecified atom stereocenters. The number of methoxy groups -OCH3 is 1. The first-order valence-corrected chi connectivity index (χ1v) is 7.70. The minimum Gasteiger partial charge on any atom is -0.497 e. The van der Waals surface area contributed by atoms with Gasteiger partial charge in [0.05, 0.1) is 7.11 Å². The Hall–Kier alpha value is -2.83. The molecule has 0 bridgehead atoms. The average molecular weight is 331 g/mol. The van der Waals surface area contributed by atoms with Gasteiger partial charge in [0.1, 0.15) is 12.3 Å². The smallest absolute Gasteiger partial charge is 0.328 e. The summed E-state index contributed by atoms with van der Waals surface area (Å²) >= 11 is 0. The highest BCUT2D eigenvalue weighted by molar-refractivity contribution is 5.75. The zero-order valence-electron chi connectivity index (χ0n) is 13.7. The topological polar surface area (TPSA) is 93.2 Å². The minimum atomic E-state index is -0.594. The summed E-state index contributed by atoms with van der Waals surface area (Å²) in [5.41, 5.74) is 0.0850. The quantitative estimate of drug-likeness (QED) is 0.780. The molecule has 0 saturated heterocycles. The van der Waals surface area contributed by atoms with Gasteiger partial charge in [0.2, 0.25) is 5.91 Å². The number of carbonyl (C=O) groups excluding carboxylic acids is 1. The maximum atomic E-state index is 12.0. The molecule has 0 aliphatic rings. The van der Waals surface area contributed by atoms with Crippen molar-refractivity contribution in [2.45, 2.75) is 32.4 Å². The van der Waals surface area contributed by atoms with E-state index in [2.05, 4.69) is 10.3 Å². The molecule has 1 atom stereocenters. The molecule has 0 saturated carbocycles. The van der Waals surface area contributed by atoms with Crippen molar-refractivity contribution in [2.24, 2.45) is 0 Å². The third-order valence-electron chi connectivity index (χ3n) is 3.64. The van der Waals surface area contributed by atoms with Crippen molar-refractivity contribution in [3.63, 3.8) is 0 Å². The van der Waals surface area contributed by atoms with E-state index in [1.165, 1.54) is 12.3 Å². The summed E-state index contributed by atoms with van der Waals surface area (Å²) in [7, 11) is 1.63. The molecule has 24 heavy (non-hydrogen) atoms. The van der Waals surface area contributed by atoms with Crippen LogP contribution >= 0.6 is 0 Å². The summed E-state index contributed by atoms with van der Waals surface area (Å²) in [5.74, 6) is 0.540. The Kier molecular flexibility index (Phi) is 5.95. The van der Waals surface area contributed by atoms with Crippen molar-refractivity contribution in [3.05, 3.63) is 62.9 Å². The Bertz CT molecular complexity index is 792. The molecular formula is C17H21N3O4. The molecular weight excluding hydrogens is 310 g/mol. The van der Waals surface area contributed by atoms with E-state index in [9.17, 15) is 14.4 Å². The Morgan fingerprint density at radius 2 is 1.96 bits per heavy atom. The molecule has 0 aliphatic heterocycles. The molecule has 128 valence electrons. The van der Waals surface area contributed by atoms with Crippen LogP contribution in [0.3, 0.4) is 0 Å². The van der Waals surface area contributed by atoms with Crippen molar-refractivity contribution in [1.29, 1.82) is 0 Å². The van der Waals surface area contributed by atoms with Crippen LogP contribution in [0.2, 0.25) is 0 Å². The molecule has 0 radical (unpaired) electrons. The Morgan fingerprint density at radius 3 is 2.58 bits per heavy atom. The summed E-state index contributed by atoms with van der Waals surface area (Å²) in [6.45, 7) is 1.79. The lowest BCUT2D eigenvalue weighted by Crippen LogP contribution is -2.39. The van der Waals surface area contributed by atoms with Crippen molar-refractivity contribution in [1.82, 2.24) is 14.9 Å². The maximum Gasteiger partial charge on any atom is 0.328 e. The fourth-order valence-electron chi connectivity index (χ4n) is 2.29. The molecule has 1 amide bonds. The second-order valence-electron chi connectivity index (χ2n) is 5.59. The average Bonchev–Trinajstić information content (AvgIpc) is 2.56. The van der Waals surface area contributed by atoms with E-state index < -0.39 is 11.2 Å². The lowest BCUT2D eigenvalue weighted by atomic mass is 10.1. The van der Waals surface area contributed by atoms with Crippen LogP contribution in [0.5, 0.6) is 5.75 Å². The Labute approximate surface area is 139 Å². The summed E-state index contributed by atoms with van der Waals surface area (Å²) < 4.78 is 6.27. The van der Waals surface area contributed by atoms with E-state index in [0.717, 1.165) is 28.7 Å². The first-order chi connectivity index (χ1) is 11.5. The first kappa shape index (κ1) is 17.5. The van der Waals surface area contributed by atoms with Crippen LogP contribution in [0.1, 0.15) is 18.9 Å². The summed E-state index contributed by atoms with van der Waals surface area (Å²) in [6, 6.07) is 8.98. The molecule has 1 aromatic carbocycles. The van der Waals surface area contributed by atoms with Gasteiger partial charge < -0.3 is 10.1 Å². The molecule has 7 nitrogen and oxygen atoms in total. The van der Waals surface area contributed by atoms with E-state index >= 15 is 0 Å². The molecule has 0 aliphatic carbocycles. The monoisotopic (exact) mass is 331 g/mol. The predicted molar refractivity (Wildman–Crippen MR) is 90.2 cm³/mol. The van der Waals surface area contributed by atoms with Crippen LogP contribution in [0.25, 0.3) is 0 Å². The van der Waals surface area contributed by atoms with E-state index in [-0.39, 0.29) is 18.5 Å². The van der Waals surface area contributed by atoms with Crippen LogP contribution in [0.4, 0.5) is 0 Å². The fourth-order valence-corrected chi connectivity index (χ4v) is 2.29. The number of ether oxygens (including phenoxy) is 1. The van der Waals surface area contributed by atoms with Gasteiger partial charge in [-0.3, -0.25) is 19.1 Å². The normalized spacial score (nSPS) is 11.8. The van der Waals surface area contributed by atoms with Crippen molar-refractivity contribution < 1.29 is 9.53 Å². The van der Waals surface area contributed by atoms with Gasteiger partial charge in [-0.15, -0.1) is 0 Å². The minimum absolute atomic E-state index is 0.0296. The summed E-state index contributed by atoms with van der Waals surface area (Å²) in [6.07, 6.45) is 2.91. The van der Waals surface area contributed by atoms with Crippen LogP contribution in [-0.2, 0) is 17.8 Å². The van der Waals surface area contributed by atoms with E-state index in [0.29, 0.717) is 0 Å². The van der Waals surface area contributed by atoms with Crippen LogP contribution in [0.15, 0.2) is 46.1 Å². The Morgan fingerprint density at radius 1 is 1.25 bits per heavy atom. The summed E-state index contributed by atoms with van der Waals surface area (Å²) in [4.78, 5) is 36.6. The van der Waals surface area contributed by atoms with Gasteiger partial charge in [-0.05, 0) is 37.5 Å². The van der Waals surface area contributed by atoms with E-state index in [4.69, 9.17) is 4.74 Å². The predicted octanol–water partition coefficient (Wildman–Crippen LogP) is 0.683. The molecule has 0 fully saturated rings. The van der Waals surface area contributed by atoms with Crippen LogP contribution < -0.4 is 21.3 Å². The zero-order valence-corrected chi connectivity index (χ0v) is 13.7. The number of benzene rings is 1. The highest BCUT2D eigenvalue weighted by atomic mass is 16.5. The second kappa shape index (κ2) is 8.14. The third-order valence-corrected chi connectivity index (χ3v) is 3.64. The van der Waals surface area contributed by atoms with Gasteiger partial charge in [0.25, 0.3) is 5.56 Å². The summed E-state index contributed by atoms with van der Waals surface area (Å²) in [5, 5.41) is 2.85. The van der Waals surface area contributed by atoms with Gasteiger partial charge in [-0.1, -0.05) is 12.1 Å². The highest BCUT2D eigenvalue weighted by Gasteiger charge is 2.09. The first-order valence-electron chi connectivity index (χ1n) is 7.70.